The Balaban J connectivity index is 2.59. The van der Waals surface area contributed by atoms with Crippen molar-refractivity contribution in [2.45, 2.75) is 6.92 Å². The first kappa shape index (κ1) is 15.9. The van der Waals surface area contributed by atoms with Crippen LogP contribution in [0.3, 0.4) is 0 Å². The molecule has 0 unspecified atom stereocenters. The predicted octanol–water partition coefficient (Wildman–Crippen LogP) is 1.41. The zero-order valence-corrected chi connectivity index (χ0v) is 12.5. The molecular formula is C16H18N2O4. The molecule has 1 heterocycles. The maximum atomic E-state index is 11.9. The number of nitrogens with zero attached hydrogens (tertiary/aromatic N) is 2. The Hall–Kier alpha value is -2.44. The second-order valence-electron chi connectivity index (χ2n) is 4.61. The average molecular weight is 302 g/mol. The number of carbonyl (C=O) groups excluding carboxylic acids is 1. The zero-order chi connectivity index (χ0) is 16.1. The highest BCUT2D eigenvalue weighted by Gasteiger charge is 2.14. The Morgan fingerprint density at radius 1 is 1.36 bits per heavy atom. The number of benzene rings is 1. The van der Waals surface area contributed by atoms with Crippen LogP contribution in [0.1, 0.15) is 12.5 Å². The minimum Gasteiger partial charge on any atom is -0.464 e. The lowest BCUT2D eigenvalue weighted by Crippen LogP contribution is -2.10. The molecule has 2 rings (SSSR count). The summed E-state index contributed by atoms with van der Waals surface area (Å²) in [7, 11) is 1.29. The first-order valence-electron chi connectivity index (χ1n) is 6.75. The molecular weight excluding hydrogens is 284 g/mol. The fraction of sp³-hybridized carbons (Fsp3) is 0.250. The first-order valence-corrected chi connectivity index (χ1v) is 6.75. The smallest absolute Gasteiger partial charge is 0.354 e. The molecule has 0 bridgehead atoms. The second-order valence-corrected chi connectivity index (χ2v) is 4.61. The van der Waals surface area contributed by atoms with E-state index in [4.69, 9.17) is 14.9 Å². The van der Waals surface area contributed by atoms with E-state index in [0.29, 0.717) is 5.71 Å². The molecule has 6 nitrogen and oxygen atoms in total. The molecule has 0 fully saturated rings. The molecule has 0 amide bonds. The van der Waals surface area contributed by atoms with Gasteiger partial charge in [-0.1, -0.05) is 12.1 Å². The molecule has 0 spiro atoms. The topological polar surface area (TPSA) is 84.0 Å². The molecule has 0 aliphatic rings. The summed E-state index contributed by atoms with van der Waals surface area (Å²) in [6.45, 7) is 1.26. The number of carbonyl (C=O) groups is 1. The lowest BCUT2D eigenvalue weighted by Gasteiger charge is -2.09. The molecule has 2 N–H and O–H groups in total. The van der Waals surface area contributed by atoms with Gasteiger partial charge in [0.15, 0.2) is 0 Å². The highest BCUT2D eigenvalue weighted by molar-refractivity contribution is 6.12. The molecule has 0 radical (unpaired) electrons. The lowest BCUT2D eigenvalue weighted by molar-refractivity contribution is -0.134. The summed E-state index contributed by atoms with van der Waals surface area (Å²) in [6, 6.07) is 7.55. The quantitative estimate of drug-likeness (QED) is 0.497. The Kier molecular flexibility index (Phi) is 5.08. The molecule has 116 valence electrons. The SMILES string of the molecule is COC(=O)/C(=C/CO)n1ccc2ccc(/C(C)=N/CO)cc21. The van der Waals surface area contributed by atoms with Gasteiger partial charge >= 0.3 is 5.97 Å². The number of aliphatic hydroxyl groups excluding tert-OH is 2. The number of fused-ring (bicyclic) bond motifs is 1. The number of aliphatic imine (C=N–C) groups is 1. The Morgan fingerprint density at radius 3 is 2.77 bits per heavy atom. The number of ether oxygens (including phenoxy) is 1. The van der Waals surface area contributed by atoms with Crippen LogP contribution in [0.15, 0.2) is 41.5 Å². The molecule has 1 aromatic heterocycles. The molecule has 1 aromatic carbocycles. The summed E-state index contributed by atoms with van der Waals surface area (Å²) in [4.78, 5) is 15.9. The van der Waals surface area contributed by atoms with Gasteiger partial charge in [-0.15, -0.1) is 0 Å². The van der Waals surface area contributed by atoms with Crippen molar-refractivity contribution in [2.24, 2.45) is 4.99 Å². The number of aliphatic hydroxyl groups is 2. The van der Waals surface area contributed by atoms with E-state index in [1.807, 2.05) is 24.3 Å². The lowest BCUT2D eigenvalue weighted by atomic mass is 10.1. The van der Waals surface area contributed by atoms with Crippen LogP contribution in [0.2, 0.25) is 0 Å². The van der Waals surface area contributed by atoms with Crippen LogP contribution in [0.25, 0.3) is 16.6 Å². The number of methoxy groups -OCH3 is 1. The van der Waals surface area contributed by atoms with E-state index in [0.717, 1.165) is 16.5 Å². The van der Waals surface area contributed by atoms with E-state index in [1.165, 1.54) is 13.2 Å². The van der Waals surface area contributed by atoms with Crippen LogP contribution in [-0.4, -0.2) is 46.9 Å². The molecule has 6 heteroatoms. The minimum atomic E-state index is -0.530. The third kappa shape index (κ3) is 3.08. The van der Waals surface area contributed by atoms with Gasteiger partial charge in [-0.3, -0.25) is 4.99 Å². The van der Waals surface area contributed by atoms with Crippen molar-refractivity contribution in [3.05, 3.63) is 42.1 Å². The van der Waals surface area contributed by atoms with Crippen LogP contribution in [0, 0.1) is 0 Å². The fourth-order valence-corrected chi connectivity index (χ4v) is 2.23. The summed E-state index contributed by atoms with van der Waals surface area (Å²) in [5, 5.41) is 19.0. The van der Waals surface area contributed by atoms with Crippen molar-refractivity contribution >= 4 is 28.3 Å². The molecule has 0 aliphatic carbocycles. The summed E-state index contributed by atoms with van der Waals surface area (Å²) in [5.74, 6) is -0.530. The van der Waals surface area contributed by atoms with E-state index < -0.39 is 5.97 Å². The maximum Gasteiger partial charge on any atom is 0.354 e. The standard InChI is InChI=1S/C16H18N2O4/c1-11(17-10-20)13-4-3-12-5-7-18(15(12)9-13)14(6-8-19)16(21)22-2/h3-7,9,19-20H,8,10H2,1-2H3/b14-6-,17-11+. The van der Waals surface area contributed by atoms with Crippen LogP contribution in [-0.2, 0) is 9.53 Å². The fourth-order valence-electron chi connectivity index (χ4n) is 2.23. The van der Waals surface area contributed by atoms with Gasteiger partial charge in [-0.25, -0.2) is 4.79 Å². The molecule has 0 aliphatic heterocycles. The second kappa shape index (κ2) is 7.02. The molecule has 0 saturated heterocycles. The number of esters is 1. The normalized spacial score (nSPS) is 12.7. The summed E-state index contributed by atoms with van der Waals surface area (Å²) in [6.07, 6.45) is 3.14. The van der Waals surface area contributed by atoms with Crippen molar-refractivity contribution in [3.63, 3.8) is 0 Å². The highest BCUT2D eigenvalue weighted by Crippen LogP contribution is 2.22. The number of rotatable bonds is 5. The van der Waals surface area contributed by atoms with Crippen molar-refractivity contribution in [1.82, 2.24) is 4.57 Å². The van der Waals surface area contributed by atoms with E-state index in [-0.39, 0.29) is 19.0 Å². The Bertz CT molecular complexity index is 744. The predicted molar refractivity (Wildman–Crippen MR) is 84.6 cm³/mol. The van der Waals surface area contributed by atoms with Gasteiger partial charge in [-0.2, -0.15) is 0 Å². The van der Waals surface area contributed by atoms with Crippen LogP contribution in [0.4, 0.5) is 0 Å². The van der Waals surface area contributed by atoms with Gasteiger partial charge in [-0.05, 0) is 36.1 Å². The van der Waals surface area contributed by atoms with E-state index >= 15 is 0 Å². The van der Waals surface area contributed by atoms with Crippen molar-refractivity contribution < 1.29 is 19.7 Å². The maximum absolute atomic E-state index is 11.9. The summed E-state index contributed by atoms with van der Waals surface area (Å²) >= 11 is 0. The van der Waals surface area contributed by atoms with Gasteiger partial charge in [0.05, 0.1) is 19.2 Å². The third-order valence-electron chi connectivity index (χ3n) is 3.36. The number of hydrogen-bond donors (Lipinski definition) is 2. The summed E-state index contributed by atoms with van der Waals surface area (Å²) in [5.41, 5.74) is 2.57. The van der Waals surface area contributed by atoms with E-state index in [9.17, 15) is 4.79 Å². The minimum absolute atomic E-state index is 0.244. The van der Waals surface area contributed by atoms with Gasteiger partial charge in [0.25, 0.3) is 0 Å². The number of aromatic nitrogens is 1. The number of hydrogen-bond acceptors (Lipinski definition) is 5. The third-order valence-corrected chi connectivity index (χ3v) is 3.36. The monoisotopic (exact) mass is 302 g/mol. The Labute approximate surface area is 128 Å². The zero-order valence-electron chi connectivity index (χ0n) is 12.5. The summed E-state index contributed by atoms with van der Waals surface area (Å²) < 4.78 is 6.42. The molecule has 0 atom stereocenters. The Morgan fingerprint density at radius 2 is 2.14 bits per heavy atom. The van der Waals surface area contributed by atoms with Gasteiger partial charge in [0.2, 0.25) is 0 Å². The van der Waals surface area contributed by atoms with Gasteiger partial charge < -0.3 is 19.5 Å². The average Bonchev–Trinajstić information content (AvgIpc) is 2.95. The van der Waals surface area contributed by atoms with E-state index in [2.05, 4.69) is 4.99 Å². The van der Waals surface area contributed by atoms with Gasteiger partial charge in [0.1, 0.15) is 12.4 Å². The van der Waals surface area contributed by atoms with Crippen molar-refractivity contribution in [1.29, 1.82) is 0 Å². The van der Waals surface area contributed by atoms with Crippen LogP contribution in [0.5, 0.6) is 0 Å². The largest absolute Gasteiger partial charge is 0.464 e. The molecule has 0 saturated carbocycles. The van der Waals surface area contributed by atoms with Crippen molar-refractivity contribution in [3.8, 4) is 0 Å². The molecule has 22 heavy (non-hydrogen) atoms. The first-order chi connectivity index (χ1) is 10.6. The highest BCUT2D eigenvalue weighted by atomic mass is 16.5. The van der Waals surface area contributed by atoms with Gasteiger partial charge in [0, 0.05) is 11.9 Å². The molecule has 2 aromatic rings. The van der Waals surface area contributed by atoms with E-state index in [1.54, 1.807) is 17.7 Å². The van der Waals surface area contributed by atoms with Crippen molar-refractivity contribution in [2.75, 3.05) is 20.4 Å². The van der Waals surface area contributed by atoms with Crippen LogP contribution < -0.4 is 0 Å². The van der Waals surface area contributed by atoms with Crippen LogP contribution >= 0.6 is 0 Å².